The van der Waals surface area contributed by atoms with Crippen LogP contribution in [-0.4, -0.2) is 45.1 Å². The first-order chi connectivity index (χ1) is 10.8. The number of halogens is 4. The van der Waals surface area contributed by atoms with Gasteiger partial charge in [0.1, 0.15) is 0 Å². The molecule has 1 fully saturated rings. The SMILES string of the molecule is Cl.NCCN(C1CCOCC1)S(=O)(=O)c1ccc(C(F)(F)F)cc1. The number of hydrogen-bond donors (Lipinski definition) is 1. The molecule has 10 heteroatoms. The van der Waals surface area contributed by atoms with E-state index in [1.807, 2.05) is 0 Å². The summed E-state index contributed by atoms with van der Waals surface area (Å²) in [6, 6.07) is 3.27. The first-order valence-corrected chi connectivity index (χ1v) is 8.67. The molecule has 0 unspecified atom stereocenters. The second-order valence-electron chi connectivity index (χ2n) is 5.27. The van der Waals surface area contributed by atoms with Crippen LogP contribution < -0.4 is 5.73 Å². The summed E-state index contributed by atoms with van der Waals surface area (Å²) >= 11 is 0. The second kappa shape index (κ2) is 8.48. The van der Waals surface area contributed by atoms with Crippen LogP contribution >= 0.6 is 12.4 Å². The Morgan fingerprint density at radius 3 is 2.17 bits per heavy atom. The van der Waals surface area contributed by atoms with Crippen LogP contribution in [0.2, 0.25) is 0 Å². The van der Waals surface area contributed by atoms with Gasteiger partial charge in [-0.25, -0.2) is 8.42 Å². The Balaban J connectivity index is 0.00000288. The molecule has 5 nitrogen and oxygen atoms in total. The van der Waals surface area contributed by atoms with Crippen LogP contribution in [0.5, 0.6) is 0 Å². The van der Waals surface area contributed by atoms with Crippen LogP contribution in [0.3, 0.4) is 0 Å². The molecule has 1 aliphatic rings. The lowest BCUT2D eigenvalue weighted by Crippen LogP contribution is -2.45. The fraction of sp³-hybridized carbons (Fsp3) is 0.571. The number of ether oxygens (including phenoxy) is 1. The van der Waals surface area contributed by atoms with Crippen molar-refractivity contribution in [3.63, 3.8) is 0 Å². The van der Waals surface area contributed by atoms with E-state index >= 15 is 0 Å². The van der Waals surface area contributed by atoms with Crippen molar-refractivity contribution in [1.29, 1.82) is 0 Å². The summed E-state index contributed by atoms with van der Waals surface area (Å²) in [6.45, 7) is 1.16. The average Bonchev–Trinajstić information content (AvgIpc) is 2.52. The van der Waals surface area contributed by atoms with Crippen molar-refractivity contribution in [1.82, 2.24) is 4.31 Å². The van der Waals surface area contributed by atoms with Crippen molar-refractivity contribution < 1.29 is 26.3 Å². The van der Waals surface area contributed by atoms with Crippen LogP contribution in [0.25, 0.3) is 0 Å². The van der Waals surface area contributed by atoms with Gasteiger partial charge in [0.05, 0.1) is 10.5 Å². The van der Waals surface area contributed by atoms with E-state index in [0.29, 0.717) is 26.1 Å². The summed E-state index contributed by atoms with van der Waals surface area (Å²) in [7, 11) is -3.89. The molecule has 1 saturated heterocycles. The number of rotatable bonds is 5. The third-order valence-electron chi connectivity index (χ3n) is 3.74. The molecule has 0 amide bonds. The molecule has 0 radical (unpaired) electrons. The van der Waals surface area contributed by atoms with Crippen LogP contribution in [-0.2, 0) is 20.9 Å². The number of nitrogens with two attached hydrogens (primary N) is 1. The lowest BCUT2D eigenvalue weighted by molar-refractivity contribution is -0.137. The van der Waals surface area contributed by atoms with Gasteiger partial charge in [-0.2, -0.15) is 17.5 Å². The smallest absolute Gasteiger partial charge is 0.381 e. The molecule has 0 aliphatic carbocycles. The fourth-order valence-electron chi connectivity index (χ4n) is 2.55. The molecular formula is C14H20ClF3N2O3S. The van der Waals surface area contributed by atoms with Crippen molar-refractivity contribution >= 4 is 22.4 Å². The fourth-order valence-corrected chi connectivity index (χ4v) is 4.25. The number of nitrogens with zero attached hydrogens (tertiary/aromatic N) is 1. The van der Waals surface area contributed by atoms with Crippen LogP contribution in [0.15, 0.2) is 29.2 Å². The quantitative estimate of drug-likeness (QED) is 0.839. The van der Waals surface area contributed by atoms with E-state index in [2.05, 4.69) is 0 Å². The van der Waals surface area contributed by atoms with E-state index in [9.17, 15) is 21.6 Å². The Kier molecular flexibility index (Phi) is 7.48. The van der Waals surface area contributed by atoms with Crippen molar-refractivity contribution in [2.24, 2.45) is 5.73 Å². The molecule has 2 rings (SSSR count). The maximum atomic E-state index is 12.7. The van der Waals surface area contributed by atoms with Gasteiger partial charge in [-0.05, 0) is 37.1 Å². The number of benzene rings is 1. The third kappa shape index (κ3) is 4.82. The first kappa shape index (κ1) is 21.2. The van der Waals surface area contributed by atoms with Crippen molar-refractivity contribution in [3.8, 4) is 0 Å². The van der Waals surface area contributed by atoms with E-state index in [4.69, 9.17) is 10.5 Å². The molecule has 1 heterocycles. The van der Waals surface area contributed by atoms with Crippen molar-refractivity contribution in [2.75, 3.05) is 26.3 Å². The first-order valence-electron chi connectivity index (χ1n) is 7.23. The molecule has 0 bridgehead atoms. The Morgan fingerprint density at radius 1 is 1.17 bits per heavy atom. The predicted octanol–water partition coefficient (Wildman–Crippen LogP) is 2.26. The molecule has 0 atom stereocenters. The third-order valence-corrected chi connectivity index (χ3v) is 5.70. The summed E-state index contributed by atoms with van der Waals surface area (Å²) in [5.41, 5.74) is 4.62. The highest BCUT2D eigenvalue weighted by Crippen LogP contribution is 2.31. The van der Waals surface area contributed by atoms with Gasteiger partial charge in [0.25, 0.3) is 0 Å². The van der Waals surface area contributed by atoms with Gasteiger partial charge in [-0.15, -0.1) is 12.4 Å². The van der Waals surface area contributed by atoms with E-state index in [-0.39, 0.29) is 36.4 Å². The van der Waals surface area contributed by atoms with Crippen LogP contribution in [0.4, 0.5) is 13.2 Å². The van der Waals surface area contributed by atoms with E-state index in [0.717, 1.165) is 24.3 Å². The van der Waals surface area contributed by atoms with Gasteiger partial charge in [0.15, 0.2) is 0 Å². The minimum atomic E-state index is -4.50. The zero-order valence-electron chi connectivity index (χ0n) is 12.8. The summed E-state index contributed by atoms with van der Waals surface area (Å²) in [5, 5.41) is 0. The summed E-state index contributed by atoms with van der Waals surface area (Å²) < 4.78 is 69.7. The Bertz CT molecular complexity index is 617. The minimum absolute atomic E-state index is 0. The Labute approximate surface area is 145 Å². The van der Waals surface area contributed by atoms with Gasteiger partial charge >= 0.3 is 6.18 Å². The topological polar surface area (TPSA) is 72.6 Å². The highest BCUT2D eigenvalue weighted by Gasteiger charge is 2.34. The van der Waals surface area contributed by atoms with Crippen molar-refractivity contribution in [3.05, 3.63) is 29.8 Å². The second-order valence-corrected chi connectivity index (χ2v) is 7.16. The summed E-state index contributed by atoms with van der Waals surface area (Å²) in [6.07, 6.45) is -3.42. The van der Waals surface area contributed by atoms with Gasteiger partial charge in [0, 0.05) is 32.3 Å². The molecule has 138 valence electrons. The lowest BCUT2D eigenvalue weighted by Gasteiger charge is -2.33. The zero-order valence-corrected chi connectivity index (χ0v) is 14.5. The largest absolute Gasteiger partial charge is 0.416 e. The molecule has 0 saturated carbocycles. The molecule has 2 N–H and O–H groups in total. The van der Waals surface area contributed by atoms with Gasteiger partial charge in [-0.3, -0.25) is 0 Å². The predicted molar refractivity (Wildman–Crippen MR) is 85.5 cm³/mol. The number of alkyl halides is 3. The number of hydrogen-bond acceptors (Lipinski definition) is 4. The van der Waals surface area contributed by atoms with E-state index in [1.165, 1.54) is 4.31 Å². The summed E-state index contributed by atoms with van der Waals surface area (Å²) in [5.74, 6) is 0. The molecule has 1 aliphatic heterocycles. The number of sulfonamides is 1. The molecular weight excluding hydrogens is 369 g/mol. The highest BCUT2D eigenvalue weighted by atomic mass is 35.5. The van der Waals surface area contributed by atoms with Crippen molar-refractivity contribution in [2.45, 2.75) is 30.0 Å². The standard InChI is InChI=1S/C14H19F3N2O3S.ClH/c15-14(16,17)11-1-3-13(4-2-11)23(20,21)19(8-7-18)12-5-9-22-10-6-12;/h1-4,12H,5-10,18H2;1H. The van der Waals surface area contributed by atoms with Crippen LogP contribution in [0, 0.1) is 0 Å². The Morgan fingerprint density at radius 2 is 1.71 bits per heavy atom. The van der Waals surface area contributed by atoms with Gasteiger partial charge < -0.3 is 10.5 Å². The maximum absolute atomic E-state index is 12.7. The van der Waals surface area contributed by atoms with E-state index in [1.54, 1.807) is 0 Å². The molecule has 0 aromatic heterocycles. The summed E-state index contributed by atoms with van der Waals surface area (Å²) in [4.78, 5) is -0.162. The molecule has 1 aromatic carbocycles. The van der Waals surface area contributed by atoms with Gasteiger partial charge in [-0.1, -0.05) is 0 Å². The zero-order chi connectivity index (χ0) is 17.1. The minimum Gasteiger partial charge on any atom is -0.381 e. The maximum Gasteiger partial charge on any atom is 0.416 e. The Hall–Kier alpha value is -0.870. The van der Waals surface area contributed by atoms with E-state index < -0.39 is 21.8 Å². The normalized spacial score (nSPS) is 16.9. The monoisotopic (exact) mass is 388 g/mol. The molecule has 24 heavy (non-hydrogen) atoms. The van der Waals surface area contributed by atoms with Gasteiger partial charge in [0.2, 0.25) is 10.0 Å². The lowest BCUT2D eigenvalue weighted by atomic mass is 10.1. The highest BCUT2D eigenvalue weighted by molar-refractivity contribution is 7.89. The average molecular weight is 389 g/mol. The van der Waals surface area contributed by atoms with Crippen LogP contribution in [0.1, 0.15) is 18.4 Å². The molecule has 1 aromatic rings. The molecule has 0 spiro atoms.